The fraction of sp³-hybridized carbons (Fsp3) is 0.818. The average molecular weight is 232 g/mol. The smallest absolute Gasteiger partial charge is 0.116 e. The molecule has 0 aromatic heterocycles. The maximum Gasteiger partial charge on any atom is 0.116 e. The zero-order valence-electron chi connectivity index (χ0n) is 9.96. The molecule has 1 fully saturated rings. The number of ether oxygens (including phenoxy) is 4. The van der Waals surface area contributed by atoms with Gasteiger partial charge < -0.3 is 24.1 Å². The fourth-order valence-electron chi connectivity index (χ4n) is 2.10. The van der Waals surface area contributed by atoms with E-state index in [1.807, 2.05) is 0 Å². The second-order valence-corrected chi connectivity index (χ2v) is 3.66. The van der Waals surface area contributed by atoms with Crippen molar-refractivity contribution in [1.82, 2.24) is 0 Å². The van der Waals surface area contributed by atoms with Crippen LogP contribution in [0.5, 0.6) is 0 Å². The summed E-state index contributed by atoms with van der Waals surface area (Å²) in [4.78, 5) is 0. The highest BCUT2D eigenvalue weighted by atomic mass is 16.6. The zero-order valence-corrected chi connectivity index (χ0v) is 9.96. The molecule has 1 saturated heterocycles. The number of hydrogen-bond donors (Lipinski definition) is 1. The first-order valence-corrected chi connectivity index (χ1v) is 5.20. The van der Waals surface area contributed by atoms with Gasteiger partial charge in [-0.25, -0.2) is 0 Å². The average Bonchev–Trinajstić information content (AvgIpc) is 2.35. The molecule has 0 bridgehead atoms. The second kappa shape index (κ2) is 6.32. The van der Waals surface area contributed by atoms with Gasteiger partial charge in [0.1, 0.15) is 30.5 Å². The highest BCUT2D eigenvalue weighted by molar-refractivity contribution is 5.00. The van der Waals surface area contributed by atoms with E-state index in [1.54, 1.807) is 27.4 Å². The lowest BCUT2D eigenvalue weighted by atomic mass is 9.94. The van der Waals surface area contributed by atoms with E-state index in [1.165, 1.54) is 0 Å². The van der Waals surface area contributed by atoms with E-state index in [2.05, 4.69) is 6.58 Å². The summed E-state index contributed by atoms with van der Waals surface area (Å²) in [7, 11) is 4.73. The summed E-state index contributed by atoms with van der Waals surface area (Å²) >= 11 is 0. The third kappa shape index (κ3) is 2.44. The standard InChI is InChI=1S/C11H20O5/c1-5-7-9(13-2)11(15-4)10(14-3)8(6-12)16-7/h5,7-12H,1,6H2,2-4H3/t7-,8-,9+,10-,11-/m1/s1. The van der Waals surface area contributed by atoms with Gasteiger partial charge in [0.05, 0.1) is 6.61 Å². The topological polar surface area (TPSA) is 57.2 Å². The molecule has 0 radical (unpaired) electrons. The molecule has 0 amide bonds. The first-order chi connectivity index (χ1) is 7.73. The lowest BCUT2D eigenvalue weighted by Gasteiger charge is -2.43. The van der Waals surface area contributed by atoms with Crippen molar-refractivity contribution in [2.24, 2.45) is 0 Å². The highest BCUT2D eigenvalue weighted by Crippen LogP contribution is 2.27. The SMILES string of the molecule is C=C[C@H]1O[C@H](CO)[C@@H](OC)[C@H](OC)[C@H]1OC. The molecule has 5 atom stereocenters. The maximum atomic E-state index is 9.24. The summed E-state index contributed by atoms with van der Waals surface area (Å²) in [6.45, 7) is 3.56. The summed E-state index contributed by atoms with van der Waals surface area (Å²) in [6, 6.07) is 0. The van der Waals surface area contributed by atoms with Gasteiger partial charge in [-0.2, -0.15) is 0 Å². The van der Waals surface area contributed by atoms with Gasteiger partial charge in [-0.3, -0.25) is 0 Å². The molecule has 0 saturated carbocycles. The lowest BCUT2D eigenvalue weighted by Crippen LogP contribution is -2.59. The summed E-state index contributed by atoms with van der Waals surface area (Å²) in [5, 5.41) is 9.24. The van der Waals surface area contributed by atoms with Gasteiger partial charge in [0.2, 0.25) is 0 Å². The van der Waals surface area contributed by atoms with Crippen molar-refractivity contribution in [2.45, 2.75) is 30.5 Å². The van der Waals surface area contributed by atoms with Crippen molar-refractivity contribution < 1.29 is 24.1 Å². The molecule has 0 unspecified atom stereocenters. The fourth-order valence-corrected chi connectivity index (χ4v) is 2.10. The third-order valence-corrected chi connectivity index (χ3v) is 2.90. The van der Waals surface area contributed by atoms with Gasteiger partial charge in [0.15, 0.2) is 0 Å². The number of rotatable bonds is 5. The Balaban J connectivity index is 2.89. The van der Waals surface area contributed by atoms with Crippen LogP contribution in [0.2, 0.25) is 0 Å². The third-order valence-electron chi connectivity index (χ3n) is 2.90. The molecule has 1 aliphatic heterocycles. The van der Waals surface area contributed by atoms with Crippen LogP contribution in [0.4, 0.5) is 0 Å². The molecular formula is C11H20O5. The highest BCUT2D eigenvalue weighted by Gasteiger charge is 2.45. The van der Waals surface area contributed by atoms with Crippen LogP contribution >= 0.6 is 0 Å². The van der Waals surface area contributed by atoms with Gasteiger partial charge in [0, 0.05) is 21.3 Å². The molecule has 5 heteroatoms. The van der Waals surface area contributed by atoms with Crippen LogP contribution < -0.4 is 0 Å². The normalized spacial score (nSPS) is 39.6. The van der Waals surface area contributed by atoms with Gasteiger partial charge >= 0.3 is 0 Å². The van der Waals surface area contributed by atoms with Crippen LogP contribution in [0.25, 0.3) is 0 Å². The Labute approximate surface area is 95.9 Å². The number of aliphatic hydroxyl groups excluding tert-OH is 1. The predicted molar refractivity (Wildman–Crippen MR) is 58.3 cm³/mol. The van der Waals surface area contributed by atoms with Crippen LogP contribution in [0, 0.1) is 0 Å². The molecule has 1 heterocycles. The first kappa shape index (κ1) is 13.6. The van der Waals surface area contributed by atoms with E-state index in [9.17, 15) is 5.11 Å². The molecule has 0 aliphatic carbocycles. The molecule has 0 spiro atoms. The lowest BCUT2D eigenvalue weighted by molar-refractivity contribution is -0.237. The van der Waals surface area contributed by atoms with E-state index in [0.717, 1.165) is 0 Å². The van der Waals surface area contributed by atoms with Gasteiger partial charge in [0.25, 0.3) is 0 Å². The van der Waals surface area contributed by atoms with Crippen molar-refractivity contribution in [3.8, 4) is 0 Å². The first-order valence-electron chi connectivity index (χ1n) is 5.20. The van der Waals surface area contributed by atoms with Crippen LogP contribution in [0.1, 0.15) is 0 Å². The Morgan fingerprint density at radius 1 is 1.12 bits per heavy atom. The van der Waals surface area contributed by atoms with E-state index >= 15 is 0 Å². The van der Waals surface area contributed by atoms with Crippen LogP contribution in [0.15, 0.2) is 12.7 Å². The minimum atomic E-state index is -0.427. The summed E-state index contributed by atoms with van der Waals surface area (Å²) in [5.41, 5.74) is 0. The van der Waals surface area contributed by atoms with Gasteiger partial charge in [-0.1, -0.05) is 6.08 Å². The van der Waals surface area contributed by atoms with Crippen molar-refractivity contribution in [1.29, 1.82) is 0 Å². The molecule has 16 heavy (non-hydrogen) atoms. The molecule has 94 valence electrons. The summed E-state index contributed by atoms with van der Waals surface area (Å²) in [5.74, 6) is 0. The number of methoxy groups -OCH3 is 3. The van der Waals surface area contributed by atoms with E-state index in [4.69, 9.17) is 18.9 Å². The van der Waals surface area contributed by atoms with Crippen molar-refractivity contribution >= 4 is 0 Å². The zero-order chi connectivity index (χ0) is 12.1. The quantitative estimate of drug-likeness (QED) is 0.675. The van der Waals surface area contributed by atoms with Crippen LogP contribution in [-0.4, -0.2) is 63.6 Å². The van der Waals surface area contributed by atoms with Crippen molar-refractivity contribution in [3.63, 3.8) is 0 Å². The van der Waals surface area contributed by atoms with Crippen LogP contribution in [-0.2, 0) is 18.9 Å². The second-order valence-electron chi connectivity index (χ2n) is 3.66. The minimum absolute atomic E-state index is 0.126. The minimum Gasteiger partial charge on any atom is -0.394 e. The number of hydrogen-bond acceptors (Lipinski definition) is 5. The predicted octanol–water partition coefficient (Wildman–Crippen LogP) is -0.0229. The Morgan fingerprint density at radius 2 is 1.69 bits per heavy atom. The molecule has 1 rings (SSSR count). The van der Waals surface area contributed by atoms with E-state index < -0.39 is 6.10 Å². The molecule has 5 nitrogen and oxygen atoms in total. The summed E-state index contributed by atoms with van der Waals surface area (Å²) in [6.07, 6.45) is -0.00694. The van der Waals surface area contributed by atoms with Crippen molar-refractivity contribution in [2.75, 3.05) is 27.9 Å². The molecule has 1 N–H and O–H groups in total. The Hall–Kier alpha value is -0.460. The molecule has 0 aromatic rings. The Kier molecular flexibility index (Phi) is 5.37. The molecular weight excluding hydrogens is 212 g/mol. The van der Waals surface area contributed by atoms with Gasteiger partial charge in [-0.15, -0.1) is 6.58 Å². The Morgan fingerprint density at radius 3 is 2.06 bits per heavy atom. The van der Waals surface area contributed by atoms with E-state index in [0.29, 0.717) is 0 Å². The monoisotopic (exact) mass is 232 g/mol. The summed E-state index contributed by atoms with van der Waals surface area (Å²) < 4.78 is 21.6. The maximum absolute atomic E-state index is 9.24. The number of aliphatic hydroxyl groups is 1. The van der Waals surface area contributed by atoms with E-state index in [-0.39, 0.29) is 31.0 Å². The van der Waals surface area contributed by atoms with Crippen LogP contribution in [0.3, 0.4) is 0 Å². The molecule has 1 aliphatic rings. The van der Waals surface area contributed by atoms with Crippen molar-refractivity contribution in [3.05, 3.63) is 12.7 Å². The largest absolute Gasteiger partial charge is 0.394 e. The van der Waals surface area contributed by atoms with Gasteiger partial charge in [-0.05, 0) is 0 Å². The Bertz CT molecular complexity index is 220. The molecule has 0 aromatic carbocycles.